The molecule has 2 heterocycles. The summed E-state index contributed by atoms with van der Waals surface area (Å²) >= 11 is 0. The number of rotatable bonds is 5. The molecule has 4 rings (SSSR count). The smallest absolute Gasteiger partial charge is 0.161 e. The van der Waals surface area contributed by atoms with Gasteiger partial charge in [-0.05, 0) is 24.6 Å². The Labute approximate surface area is 153 Å². The van der Waals surface area contributed by atoms with Crippen LogP contribution in [0.1, 0.15) is 24.1 Å². The molecule has 2 aromatic carbocycles. The van der Waals surface area contributed by atoms with Crippen LogP contribution in [0.5, 0.6) is 11.5 Å². The molecule has 0 bridgehead atoms. The fourth-order valence-corrected chi connectivity index (χ4v) is 2.90. The fraction of sp³-hybridized carbons (Fsp3) is 0.238. The van der Waals surface area contributed by atoms with Crippen LogP contribution in [0.15, 0.2) is 60.9 Å². The van der Waals surface area contributed by atoms with Gasteiger partial charge < -0.3 is 14.8 Å². The lowest BCUT2D eigenvalue weighted by molar-refractivity contribution is 0.171. The molecule has 0 spiro atoms. The van der Waals surface area contributed by atoms with Gasteiger partial charge in [-0.3, -0.25) is 0 Å². The monoisotopic (exact) mass is 347 g/mol. The molecule has 0 aliphatic carbocycles. The number of nitrogens with zero attached hydrogens (tertiary/aromatic N) is 2. The molecule has 0 saturated heterocycles. The minimum absolute atomic E-state index is 0.180. The van der Waals surface area contributed by atoms with E-state index < -0.39 is 0 Å². The number of hydrogen-bond acceptors (Lipinski definition) is 5. The summed E-state index contributed by atoms with van der Waals surface area (Å²) in [5, 5.41) is 3.50. The van der Waals surface area contributed by atoms with Crippen molar-refractivity contribution >= 4 is 0 Å². The first-order valence-electron chi connectivity index (χ1n) is 8.79. The van der Waals surface area contributed by atoms with Crippen LogP contribution in [0, 0.1) is 0 Å². The highest BCUT2D eigenvalue weighted by Gasteiger charge is 2.14. The Balaban J connectivity index is 1.39. The Bertz CT molecular complexity index is 866. The molecule has 0 amide bonds. The maximum atomic E-state index is 5.66. The molecule has 1 aromatic heterocycles. The molecule has 5 nitrogen and oxygen atoms in total. The van der Waals surface area contributed by atoms with Crippen LogP contribution < -0.4 is 14.8 Å². The van der Waals surface area contributed by atoms with Crippen LogP contribution >= 0.6 is 0 Å². The first kappa shape index (κ1) is 16.5. The van der Waals surface area contributed by atoms with Crippen molar-refractivity contribution in [3.05, 3.63) is 72.1 Å². The highest BCUT2D eigenvalue weighted by molar-refractivity contribution is 5.54. The minimum Gasteiger partial charge on any atom is -0.486 e. The zero-order valence-electron chi connectivity index (χ0n) is 14.7. The third-order valence-electron chi connectivity index (χ3n) is 4.42. The van der Waals surface area contributed by atoms with Crippen LogP contribution in [0.2, 0.25) is 0 Å². The molecule has 3 aromatic rings. The van der Waals surface area contributed by atoms with Gasteiger partial charge in [0.25, 0.3) is 0 Å². The number of hydrogen-bond donors (Lipinski definition) is 1. The molecule has 0 radical (unpaired) electrons. The second-order valence-corrected chi connectivity index (χ2v) is 6.29. The van der Waals surface area contributed by atoms with Gasteiger partial charge in [-0.1, -0.05) is 36.4 Å². The van der Waals surface area contributed by atoms with Gasteiger partial charge >= 0.3 is 0 Å². The summed E-state index contributed by atoms with van der Waals surface area (Å²) < 4.78 is 11.2. The summed E-state index contributed by atoms with van der Waals surface area (Å²) in [6.45, 7) is 4.04. The normalized spacial score (nSPS) is 14.0. The summed E-state index contributed by atoms with van der Waals surface area (Å²) in [6, 6.07) is 16.3. The van der Waals surface area contributed by atoms with Gasteiger partial charge in [-0.15, -0.1) is 0 Å². The second-order valence-electron chi connectivity index (χ2n) is 6.29. The maximum Gasteiger partial charge on any atom is 0.161 e. The van der Waals surface area contributed by atoms with Gasteiger partial charge in [-0.2, -0.15) is 0 Å². The van der Waals surface area contributed by atoms with E-state index in [4.69, 9.17) is 9.47 Å². The van der Waals surface area contributed by atoms with Gasteiger partial charge in [0.2, 0.25) is 0 Å². The molecular formula is C21H21N3O2. The Hall–Kier alpha value is -2.92. The predicted molar refractivity (Wildman–Crippen MR) is 100 cm³/mol. The van der Waals surface area contributed by atoms with E-state index in [1.807, 2.05) is 54.9 Å². The van der Waals surface area contributed by atoms with Crippen molar-refractivity contribution < 1.29 is 9.47 Å². The first-order valence-corrected chi connectivity index (χ1v) is 8.79. The topological polar surface area (TPSA) is 56.3 Å². The number of benzene rings is 2. The third-order valence-corrected chi connectivity index (χ3v) is 4.42. The first-order chi connectivity index (χ1) is 12.8. The van der Waals surface area contributed by atoms with E-state index in [0.29, 0.717) is 19.8 Å². The number of nitrogens with one attached hydrogen (secondary N) is 1. The molecule has 0 fully saturated rings. The van der Waals surface area contributed by atoms with Crippen molar-refractivity contribution in [3.63, 3.8) is 0 Å². The Morgan fingerprint density at radius 3 is 2.46 bits per heavy atom. The lowest BCUT2D eigenvalue weighted by Gasteiger charge is -2.21. The molecule has 5 heteroatoms. The van der Waals surface area contributed by atoms with E-state index in [2.05, 4.69) is 28.3 Å². The van der Waals surface area contributed by atoms with E-state index in [1.54, 1.807) is 0 Å². The molecule has 1 unspecified atom stereocenters. The molecular weight excluding hydrogens is 326 g/mol. The summed E-state index contributed by atoms with van der Waals surface area (Å²) in [4.78, 5) is 8.94. The van der Waals surface area contributed by atoms with Crippen molar-refractivity contribution in [2.24, 2.45) is 0 Å². The van der Waals surface area contributed by atoms with E-state index in [9.17, 15) is 0 Å². The van der Waals surface area contributed by atoms with Crippen molar-refractivity contribution in [3.8, 4) is 22.9 Å². The van der Waals surface area contributed by atoms with E-state index in [1.165, 1.54) is 0 Å². The average Bonchev–Trinajstić information content (AvgIpc) is 2.72. The fourth-order valence-electron chi connectivity index (χ4n) is 2.90. The molecule has 1 aliphatic rings. The van der Waals surface area contributed by atoms with Crippen molar-refractivity contribution in [1.82, 2.24) is 15.3 Å². The molecule has 0 saturated carbocycles. The molecule has 1 aliphatic heterocycles. The predicted octanol–water partition coefficient (Wildman–Crippen LogP) is 3.77. The quantitative estimate of drug-likeness (QED) is 0.761. The van der Waals surface area contributed by atoms with Crippen molar-refractivity contribution in [1.29, 1.82) is 0 Å². The number of fused-ring (bicyclic) bond motifs is 1. The van der Waals surface area contributed by atoms with Crippen molar-refractivity contribution in [2.75, 3.05) is 13.2 Å². The summed E-state index contributed by atoms with van der Waals surface area (Å²) in [6.07, 6.45) is 3.75. The lowest BCUT2D eigenvalue weighted by Crippen LogP contribution is -2.19. The number of aromatic nitrogens is 2. The lowest BCUT2D eigenvalue weighted by atomic mass is 10.1. The zero-order valence-corrected chi connectivity index (χ0v) is 14.7. The van der Waals surface area contributed by atoms with Crippen LogP contribution in [-0.4, -0.2) is 23.2 Å². The van der Waals surface area contributed by atoms with Crippen LogP contribution in [-0.2, 0) is 6.54 Å². The molecule has 1 atom stereocenters. The van der Waals surface area contributed by atoms with Gasteiger partial charge in [0.15, 0.2) is 17.3 Å². The highest BCUT2D eigenvalue weighted by atomic mass is 16.6. The van der Waals surface area contributed by atoms with Gasteiger partial charge in [0.05, 0.1) is 0 Å². The zero-order chi connectivity index (χ0) is 17.8. The van der Waals surface area contributed by atoms with Crippen molar-refractivity contribution in [2.45, 2.75) is 19.5 Å². The standard InChI is InChI=1S/C21H21N3O2/c1-15(18-7-8-19-20(11-18)26-10-9-25-19)22-12-16-13-23-21(24-14-16)17-5-3-2-4-6-17/h2-8,11,13-15,22H,9-10,12H2,1H3. The SMILES string of the molecule is CC(NCc1cnc(-c2ccccc2)nc1)c1ccc2c(c1)OCCO2. The van der Waals surface area contributed by atoms with Gasteiger partial charge in [0, 0.05) is 36.1 Å². The summed E-state index contributed by atoms with van der Waals surface area (Å²) in [5.74, 6) is 2.38. The van der Waals surface area contributed by atoms with E-state index in [-0.39, 0.29) is 6.04 Å². The maximum absolute atomic E-state index is 5.66. The second kappa shape index (κ2) is 7.54. The third kappa shape index (κ3) is 3.68. The summed E-state index contributed by atoms with van der Waals surface area (Å²) in [5.41, 5.74) is 3.24. The van der Waals surface area contributed by atoms with Crippen LogP contribution in [0.3, 0.4) is 0 Å². The van der Waals surface area contributed by atoms with Crippen LogP contribution in [0.25, 0.3) is 11.4 Å². The Kier molecular flexibility index (Phi) is 4.80. The van der Waals surface area contributed by atoms with Gasteiger partial charge in [0.1, 0.15) is 13.2 Å². The average molecular weight is 347 g/mol. The highest BCUT2D eigenvalue weighted by Crippen LogP contribution is 2.32. The molecule has 26 heavy (non-hydrogen) atoms. The largest absolute Gasteiger partial charge is 0.486 e. The Morgan fingerprint density at radius 2 is 1.69 bits per heavy atom. The Morgan fingerprint density at radius 1 is 0.962 bits per heavy atom. The van der Waals surface area contributed by atoms with Crippen LogP contribution in [0.4, 0.5) is 0 Å². The summed E-state index contributed by atoms with van der Waals surface area (Å²) in [7, 11) is 0. The molecule has 132 valence electrons. The van der Waals surface area contributed by atoms with Gasteiger partial charge in [-0.25, -0.2) is 9.97 Å². The number of ether oxygens (including phenoxy) is 2. The van der Waals surface area contributed by atoms with E-state index >= 15 is 0 Å². The van der Waals surface area contributed by atoms with E-state index in [0.717, 1.165) is 34.0 Å². The minimum atomic E-state index is 0.180. The molecule has 1 N–H and O–H groups in total.